The first kappa shape index (κ1) is 13.6. The summed E-state index contributed by atoms with van der Waals surface area (Å²) in [6, 6.07) is 0. The van der Waals surface area contributed by atoms with E-state index in [0.717, 1.165) is 37.5 Å². The Morgan fingerprint density at radius 2 is 2.48 bits per heavy atom. The third kappa shape index (κ3) is 2.88. The highest BCUT2D eigenvalue weighted by atomic mass is 15.3. The Hall–Kier alpha value is -2.38. The number of fused-ring (bicyclic) bond motifs is 1. The molecule has 1 saturated heterocycles. The van der Waals surface area contributed by atoms with Crippen molar-refractivity contribution in [2.24, 2.45) is 16.6 Å². The first-order valence-electron chi connectivity index (χ1n) is 7.13. The van der Waals surface area contributed by atoms with Gasteiger partial charge in [0.15, 0.2) is 11.8 Å². The van der Waals surface area contributed by atoms with Crippen LogP contribution in [0.3, 0.4) is 0 Å². The second kappa shape index (κ2) is 5.94. The zero-order valence-corrected chi connectivity index (χ0v) is 12.1. The van der Waals surface area contributed by atoms with E-state index in [1.54, 1.807) is 19.6 Å². The molecule has 112 valence electrons. The van der Waals surface area contributed by atoms with E-state index in [9.17, 15) is 0 Å². The van der Waals surface area contributed by atoms with Crippen molar-refractivity contribution in [3.63, 3.8) is 0 Å². The number of rotatable bonds is 3. The Labute approximate surface area is 123 Å². The van der Waals surface area contributed by atoms with Crippen molar-refractivity contribution in [1.29, 1.82) is 0 Å². The number of piperidine rings is 1. The molecular weight excluding hydrogens is 268 g/mol. The van der Waals surface area contributed by atoms with Gasteiger partial charge in [-0.2, -0.15) is 0 Å². The third-order valence-electron chi connectivity index (χ3n) is 3.83. The Kier molecular flexibility index (Phi) is 3.85. The van der Waals surface area contributed by atoms with Crippen molar-refractivity contribution in [1.82, 2.24) is 24.9 Å². The maximum absolute atomic E-state index is 5.69. The number of nitrogens with zero attached hydrogens (tertiary/aromatic N) is 6. The standard InChI is InChI=1S/C13H20N8/c1-15-13(14)17-7-10-3-2-5-20(8-10)11-12-19-18-9-21(12)6-4-16-11/h4,6,9-10H,2-3,5,7-8H2,1H3,(H3,14,15,17). The molecule has 3 rings (SSSR count). The van der Waals surface area contributed by atoms with E-state index >= 15 is 0 Å². The second-order valence-corrected chi connectivity index (χ2v) is 5.26. The maximum Gasteiger partial charge on any atom is 0.203 e. The summed E-state index contributed by atoms with van der Waals surface area (Å²) in [5, 5.41) is 11.3. The molecule has 3 heterocycles. The molecule has 1 atom stereocenters. The van der Waals surface area contributed by atoms with Gasteiger partial charge in [-0.3, -0.25) is 9.39 Å². The zero-order valence-electron chi connectivity index (χ0n) is 12.1. The third-order valence-corrected chi connectivity index (χ3v) is 3.83. The monoisotopic (exact) mass is 288 g/mol. The molecule has 8 nitrogen and oxygen atoms in total. The fraction of sp³-hybridized carbons (Fsp3) is 0.538. The Morgan fingerprint density at radius 1 is 1.57 bits per heavy atom. The number of anilines is 1. The number of nitrogens with two attached hydrogens (primary N) is 1. The molecule has 0 saturated carbocycles. The molecule has 21 heavy (non-hydrogen) atoms. The van der Waals surface area contributed by atoms with Crippen LogP contribution in [0.1, 0.15) is 12.8 Å². The predicted octanol–water partition coefficient (Wildman–Crippen LogP) is -0.125. The molecule has 0 aliphatic carbocycles. The van der Waals surface area contributed by atoms with Gasteiger partial charge in [-0.25, -0.2) is 4.98 Å². The van der Waals surface area contributed by atoms with Gasteiger partial charge in [-0.05, 0) is 18.8 Å². The van der Waals surface area contributed by atoms with Crippen LogP contribution in [-0.4, -0.2) is 52.2 Å². The van der Waals surface area contributed by atoms with E-state index in [0.29, 0.717) is 11.9 Å². The summed E-state index contributed by atoms with van der Waals surface area (Å²) in [5.41, 5.74) is 6.49. The molecule has 0 radical (unpaired) electrons. The zero-order chi connectivity index (χ0) is 14.7. The van der Waals surface area contributed by atoms with E-state index in [1.807, 2.05) is 10.6 Å². The highest BCUT2D eigenvalue weighted by Crippen LogP contribution is 2.23. The molecule has 2 aromatic heterocycles. The molecule has 1 aliphatic rings. The topological polar surface area (TPSA) is 96.7 Å². The molecule has 1 aliphatic heterocycles. The number of hydrogen-bond acceptors (Lipinski definition) is 5. The fourth-order valence-corrected chi connectivity index (χ4v) is 2.72. The Balaban J connectivity index is 1.72. The van der Waals surface area contributed by atoms with Crippen LogP contribution in [0.5, 0.6) is 0 Å². The van der Waals surface area contributed by atoms with Crippen molar-refractivity contribution in [3.8, 4) is 0 Å². The normalized spacial score (nSPS) is 20.0. The summed E-state index contributed by atoms with van der Waals surface area (Å²) < 4.78 is 1.89. The minimum Gasteiger partial charge on any atom is -0.370 e. The smallest absolute Gasteiger partial charge is 0.203 e. The molecule has 0 spiro atoms. The molecule has 3 N–H and O–H groups in total. The second-order valence-electron chi connectivity index (χ2n) is 5.26. The number of aliphatic imine (C=N–C) groups is 1. The van der Waals surface area contributed by atoms with Crippen molar-refractivity contribution < 1.29 is 0 Å². The molecule has 8 heteroatoms. The van der Waals surface area contributed by atoms with Gasteiger partial charge in [0.2, 0.25) is 5.65 Å². The van der Waals surface area contributed by atoms with Crippen LogP contribution in [0, 0.1) is 5.92 Å². The number of hydrogen-bond donors (Lipinski definition) is 2. The van der Waals surface area contributed by atoms with Gasteiger partial charge in [-0.1, -0.05) is 0 Å². The summed E-state index contributed by atoms with van der Waals surface area (Å²) in [4.78, 5) is 10.7. The summed E-state index contributed by atoms with van der Waals surface area (Å²) in [5.74, 6) is 1.91. The van der Waals surface area contributed by atoms with E-state index in [4.69, 9.17) is 5.73 Å². The molecule has 2 aromatic rings. The van der Waals surface area contributed by atoms with Gasteiger partial charge in [0, 0.05) is 39.1 Å². The largest absolute Gasteiger partial charge is 0.370 e. The summed E-state index contributed by atoms with van der Waals surface area (Å²) in [6.45, 7) is 2.76. The number of guanidine groups is 1. The van der Waals surface area contributed by atoms with Gasteiger partial charge in [-0.15, -0.1) is 10.2 Å². The molecule has 0 amide bonds. The fourth-order valence-electron chi connectivity index (χ4n) is 2.72. The van der Waals surface area contributed by atoms with Crippen LogP contribution < -0.4 is 16.0 Å². The first-order valence-corrected chi connectivity index (χ1v) is 7.13. The molecule has 1 fully saturated rings. The lowest BCUT2D eigenvalue weighted by Gasteiger charge is -2.33. The van der Waals surface area contributed by atoms with Crippen molar-refractivity contribution in [3.05, 3.63) is 18.7 Å². The minimum atomic E-state index is 0.491. The van der Waals surface area contributed by atoms with Gasteiger partial charge in [0.25, 0.3) is 0 Å². The van der Waals surface area contributed by atoms with Gasteiger partial charge >= 0.3 is 0 Å². The highest BCUT2D eigenvalue weighted by molar-refractivity contribution is 5.77. The van der Waals surface area contributed by atoms with Gasteiger partial charge in [0.1, 0.15) is 6.33 Å². The molecular formula is C13H20N8. The van der Waals surface area contributed by atoms with Crippen LogP contribution in [0.2, 0.25) is 0 Å². The van der Waals surface area contributed by atoms with Crippen LogP contribution in [0.25, 0.3) is 5.65 Å². The summed E-state index contributed by atoms with van der Waals surface area (Å²) >= 11 is 0. The van der Waals surface area contributed by atoms with E-state index in [-0.39, 0.29) is 0 Å². The molecule has 1 unspecified atom stereocenters. The number of aromatic nitrogens is 4. The summed E-state index contributed by atoms with van der Waals surface area (Å²) in [7, 11) is 1.69. The van der Waals surface area contributed by atoms with Crippen molar-refractivity contribution in [2.45, 2.75) is 12.8 Å². The lowest BCUT2D eigenvalue weighted by atomic mass is 9.98. The Bertz CT molecular complexity index is 634. The van der Waals surface area contributed by atoms with E-state index < -0.39 is 0 Å². The highest BCUT2D eigenvalue weighted by Gasteiger charge is 2.23. The predicted molar refractivity (Wildman–Crippen MR) is 81.3 cm³/mol. The van der Waals surface area contributed by atoms with Crippen LogP contribution >= 0.6 is 0 Å². The van der Waals surface area contributed by atoms with Crippen LogP contribution in [0.4, 0.5) is 5.82 Å². The van der Waals surface area contributed by atoms with E-state index in [2.05, 4.69) is 30.4 Å². The quantitative estimate of drug-likeness (QED) is 0.603. The van der Waals surface area contributed by atoms with Gasteiger partial charge in [0.05, 0.1) is 0 Å². The first-order chi connectivity index (χ1) is 10.3. The lowest BCUT2D eigenvalue weighted by molar-refractivity contribution is 0.409. The SMILES string of the molecule is CN=C(N)NCC1CCCN(c2nccn3cnnc23)C1. The number of nitrogens with one attached hydrogen (secondary N) is 1. The average Bonchev–Trinajstić information content (AvgIpc) is 3.01. The molecule has 0 bridgehead atoms. The average molecular weight is 288 g/mol. The molecule has 0 aromatic carbocycles. The summed E-state index contributed by atoms with van der Waals surface area (Å²) in [6.07, 6.45) is 7.65. The van der Waals surface area contributed by atoms with E-state index in [1.165, 1.54) is 6.42 Å². The van der Waals surface area contributed by atoms with Gasteiger partial charge < -0.3 is 16.0 Å². The van der Waals surface area contributed by atoms with Crippen LogP contribution in [-0.2, 0) is 0 Å². The maximum atomic E-state index is 5.69. The van der Waals surface area contributed by atoms with Crippen LogP contribution in [0.15, 0.2) is 23.7 Å². The minimum absolute atomic E-state index is 0.491. The lowest BCUT2D eigenvalue weighted by Crippen LogP contribution is -2.43. The Morgan fingerprint density at radius 3 is 3.33 bits per heavy atom. The van der Waals surface area contributed by atoms with Crippen molar-refractivity contribution in [2.75, 3.05) is 31.6 Å². The van der Waals surface area contributed by atoms with Crippen molar-refractivity contribution >= 4 is 17.4 Å².